The highest BCUT2D eigenvalue weighted by Crippen LogP contribution is 2.39. The molecule has 21 heavy (non-hydrogen) atoms. The fourth-order valence-corrected chi connectivity index (χ4v) is 3.12. The summed E-state index contributed by atoms with van der Waals surface area (Å²) < 4.78 is 10.3. The molecular formula is C14H21N3O3S. The van der Waals surface area contributed by atoms with Gasteiger partial charge in [-0.05, 0) is 18.4 Å². The summed E-state index contributed by atoms with van der Waals surface area (Å²) in [5.41, 5.74) is 0.886. The van der Waals surface area contributed by atoms with Crippen LogP contribution in [0.5, 0.6) is 0 Å². The lowest BCUT2D eigenvalue weighted by Crippen LogP contribution is -2.55. The summed E-state index contributed by atoms with van der Waals surface area (Å²) in [6, 6.07) is 1.43. The van der Waals surface area contributed by atoms with Crippen LogP contribution in [0.15, 0.2) is 16.4 Å². The molecule has 0 N–H and O–H groups in total. The van der Waals surface area contributed by atoms with E-state index in [0.717, 1.165) is 17.2 Å². The van der Waals surface area contributed by atoms with Gasteiger partial charge in [0.05, 0.1) is 18.9 Å². The van der Waals surface area contributed by atoms with E-state index in [1.54, 1.807) is 31.6 Å². The first-order chi connectivity index (χ1) is 10.2. The average molecular weight is 311 g/mol. The number of ether oxygens (including phenoxy) is 2. The fourth-order valence-electron chi connectivity index (χ4n) is 2.21. The van der Waals surface area contributed by atoms with Crippen LogP contribution in [0.4, 0.5) is 10.7 Å². The fraction of sp³-hybridized carbons (Fsp3) is 0.571. The molecule has 1 aliphatic rings. The minimum atomic E-state index is -0.520. The number of thiophene rings is 1. The number of methoxy groups -OCH3 is 1. The average Bonchev–Trinajstić information content (AvgIpc) is 2.96. The number of rotatable bonds is 7. The van der Waals surface area contributed by atoms with Gasteiger partial charge < -0.3 is 9.47 Å². The number of carbonyl (C=O) groups excluding carboxylic acids is 1. The van der Waals surface area contributed by atoms with Gasteiger partial charge >= 0.3 is 5.97 Å². The second kappa shape index (κ2) is 7.53. The predicted molar refractivity (Wildman–Crippen MR) is 84.5 cm³/mol. The Morgan fingerprint density at radius 3 is 3.00 bits per heavy atom. The third-order valence-electron chi connectivity index (χ3n) is 3.20. The predicted octanol–water partition coefficient (Wildman–Crippen LogP) is 2.09. The summed E-state index contributed by atoms with van der Waals surface area (Å²) in [7, 11) is 1.67. The first-order valence-electron chi connectivity index (χ1n) is 7.04. The number of hydrazine groups is 1. The molecule has 6 nitrogen and oxygen atoms in total. The second-order valence-corrected chi connectivity index (χ2v) is 5.36. The number of nitrogens with zero attached hydrogens (tertiary/aromatic N) is 3. The van der Waals surface area contributed by atoms with Gasteiger partial charge in [0.25, 0.3) is 0 Å². The molecule has 7 heteroatoms. The first-order valence-corrected chi connectivity index (χ1v) is 7.92. The van der Waals surface area contributed by atoms with E-state index in [-0.39, 0.29) is 5.97 Å². The summed E-state index contributed by atoms with van der Waals surface area (Å²) in [5, 5.41) is 7.01. The van der Waals surface area contributed by atoms with E-state index in [2.05, 4.69) is 16.9 Å². The van der Waals surface area contributed by atoms with Crippen LogP contribution in [0, 0.1) is 0 Å². The number of fused-ring (bicyclic) bond motifs is 1. The van der Waals surface area contributed by atoms with Crippen molar-refractivity contribution >= 4 is 34.2 Å². The van der Waals surface area contributed by atoms with Gasteiger partial charge in [0.2, 0.25) is 0 Å². The highest BCUT2D eigenvalue weighted by atomic mass is 32.1. The van der Waals surface area contributed by atoms with Crippen LogP contribution in [-0.4, -0.2) is 56.6 Å². The Hall–Kier alpha value is -1.44. The van der Waals surface area contributed by atoms with Crippen LogP contribution >= 0.6 is 11.3 Å². The van der Waals surface area contributed by atoms with E-state index in [1.807, 2.05) is 16.5 Å². The molecule has 0 radical (unpaired) electrons. The minimum absolute atomic E-state index is 0.281. The third-order valence-corrected chi connectivity index (χ3v) is 4.09. The molecule has 0 spiro atoms. The zero-order valence-corrected chi connectivity index (χ0v) is 13.4. The number of anilines is 1. The molecule has 1 aliphatic heterocycles. The summed E-state index contributed by atoms with van der Waals surface area (Å²) in [6.07, 6.45) is 1.66. The molecule has 0 saturated carbocycles. The van der Waals surface area contributed by atoms with Crippen LogP contribution in [0.3, 0.4) is 0 Å². The maximum absolute atomic E-state index is 12.2. The molecule has 1 unspecified atom stereocenters. The first kappa shape index (κ1) is 15.9. The Morgan fingerprint density at radius 1 is 1.52 bits per heavy atom. The zero-order chi connectivity index (χ0) is 15.2. The molecule has 1 aromatic heterocycles. The molecule has 2 heterocycles. The Morgan fingerprint density at radius 2 is 2.33 bits per heavy atom. The van der Waals surface area contributed by atoms with Crippen LogP contribution in [0.25, 0.3) is 0 Å². The Labute approximate surface area is 128 Å². The van der Waals surface area contributed by atoms with Crippen LogP contribution in [0.2, 0.25) is 0 Å². The van der Waals surface area contributed by atoms with Crippen molar-refractivity contribution in [2.45, 2.75) is 19.9 Å². The maximum Gasteiger partial charge on any atom is 0.336 e. The highest BCUT2D eigenvalue weighted by Gasteiger charge is 2.34. The van der Waals surface area contributed by atoms with E-state index in [4.69, 9.17) is 9.47 Å². The molecular weight excluding hydrogens is 290 g/mol. The minimum Gasteiger partial charge on any atom is -0.464 e. The van der Waals surface area contributed by atoms with Gasteiger partial charge in [-0.3, -0.25) is 10.0 Å². The number of likely N-dealkylation sites (N-methyl/N-ethyl adjacent to an activating group) is 1. The molecule has 0 bridgehead atoms. The number of hydrogen-bond donors (Lipinski definition) is 0. The number of hydrogen-bond acceptors (Lipinski definition) is 7. The van der Waals surface area contributed by atoms with Crippen molar-refractivity contribution in [2.75, 3.05) is 38.4 Å². The molecule has 116 valence electrons. The van der Waals surface area contributed by atoms with Crippen molar-refractivity contribution in [3.8, 4) is 0 Å². The molecule has 0 amide bonds. The normalized spacial score (nSPS) is 17.1. The van der Waals surface area contributed by atoms with Crippen molar-refractivity contribution in [1.82, 2.24) is 5.01 Å². The van der Waals surface area contributed by atoms with Crippen LogP contribution in [-0.2, 0) is 14.3 Å². The van der Waals surface area contributed by atoms with E-state index in [0.29, 0.717) is 19.8 Å². The summed E-state index contributed by atoms with van der Waals surface area (Å²) >= 11 is 1.57. The van der Waals surface area contributed by atoms with E-state index >= 15 is 0 Å². The SMILES string of the molecule is CCOC(=O)C1C=Nc2ccsc2N1N(CC)CCOC. The molecule has 2 rings (SSSR count). The summed E-state index contributed by atoms with van der Waals surface area (Å²) in [4.78, 5) is 16.6. The third kappa shape index (κ3) is 3.42. The van der Waals surface area contributed by atoms with Crippen LogP contribution < -0.4 is 5.01 Å². The van der Waals surface area contributed by atoms with Gasteiger partial charge in [-0.25, -0.2) is 9.80 Å². The smallest absolute Gasteiger partial charge is 0.336 e. The maximum atomic E-state index is 12.2. The van der Waals surface area contributed by atoms with Gasteiger partial charge in [0, 0.05) is 26.4 Å². The van der Waals surface area contributed by atoms with Crippen molar-refractivity contribution in [3.05, 3.63) is 11.4 Å². The van der Waals surface area contributed by atoms with E-state index in [1.165, 1.54) is 0 Å². The molecule has 1 aromatic rings. The van der Waals surface area contributed by atoms with Gasteiger partial charge in [-0.15, -0.1) is 11.3 Å². The summed E-state index contributed by atoms with van der Waals surface area (Å²) in [5.74, 6) is -0.281. The molecule has 1 atom stereocenters. The van der Waals surface area contributed by atoms with Gasteiger partial charge in [-0.1, -0.05) is 6.92 Å². The Balaban J connectivity index is 2.29. The highest BCUT2D eigenvalue weighted by molar-refractivity contribution is 7.15. The molecule has 0 saturated heterocycles. The zero-order valence-electron chi connectivity index (χ0n) is 12.6. The topological polar surface area (TPSA) is 54.4 Å². The van der Waals surface area contributed by atoms with Crippen molar-refractivity contribution < 1.29 is 14.3 Å². The van der Waals surface area contributed by atoms with Crippen molar-refractivity contribution in [3.63, 3.8) is 0 Å². The summed E-state index contributed by atoms with van der Waals surface area (Å²) in [6.45, 7) is 6.28. The second-order valence-electron chi connectivity index (χ2n) is 4.47. The number of aliphatic imine (C=N–C) groups is 1. The van der Waals surface area contributed by atoms with Gasteiger partial charge in [0.1, 0.15) is 5.00 Å². The lowest BCUT2D eigenvalue weighted by Gasteiger charge is -2.39. The van der Waals surface area contributed by atoms with Crippen molar-refractivity contribution in [2.24, 2.45) is 4.99 Å². The largest absolute Gasteiger partial charge is 0.464 e. The van der Waals surface area contributed by atoms with Crippen LogP contribution in [0.1, 0.15) is 13.8 Å². The number of esters is 1. The van der Waals surface area contributed by atoms with Gasteiger partial charge in [0.15, 0.2) is 6.04 Å². The van der Waals surface area contributed by atoms with Gasteiger partial charge in [-0.2, -0.15) is 0 Å². The lowest BCUT2D eigenvalue weighted by molar-refractivity contribution is -0.143. The quantitative estimate of drug-likeness (QED) is 0.722. The molecule has 0 aromatic carbocycles. The molecule has 0 fully saturated rings. The molecule has 0 aliphatic carbocycles. The van der Waals surface area contributed by atoms with E-state index < -0.39 is 6.04 Å². The van der Waals surface area contributed by atoms with E-state index in [9.17, 15) is 4.79 Å². The monoisotopic (exact) mass is 311 g/mol. The Bertz CT molecular complexity index is 503. The van der Waals surface area contributed by atoms with Crippen molar-refractivity contribution in [1.29, 1.82) is 0 Å². The number of carbonyl (C=O) groups is 1. The lowest BCUT2D eigenvalue weighted by atomic mass is 10.2. The standard InChI is InChI=1S/C14H21N3O3S/c1-4-16(7-8-19-3)17-12(14(18)20-5-2)10-15-11-6-9-21-13(11)17/h6,9-10,12H,4-5,7-8H2,1-3H3. The Kier molecular flexibility index (Phi) is 5.72.